The molecule has 0 radical (unpaired) electrons. The Kier molecular flexibility index (Phi) is 3.57. The van der Waals surface area contributed by atoms with E-state index >= 15 is 0 Å². The zero-order valence-electron chi connectivity index (χ0n) is 6.74. The van der Waals surface area contributed by atoms with Gasteiger partial charge >= 0.3 is 6.61 Å². The lowest BCUT2D eigenvalue weighted by molar-refractivity contribution is -0.0547. The summed E-state index contributed by atoms with van der Waals surface area (Å²) in [4.78, 5) is 0. The van der Waals surface area contributed by atoms with Crippen LogP contribution in [0.1, 0.15) is 5.56 Å². The summed E-state index contributed by atoms with van der Waals surface area (Å²) in [5, 5.41) is 0. The Labute approximate surface area is 82.2 Å². The second-order valence-corrected chi connectivity index (χ2v) is 2.63. The second-order valence-electron chi connectivity index (χ2n) is 2.36. The van der Waals surface area contributed by atoms with Gasteiger partial charge in [0, 0.05) is 5.56 Å². The first-order valence-electron chi connectivity index (χ1n) is 3.54. The fourth-order valence-electron chi connectivity index (χ4n) is 0.874. The van der Waals surface area contributed by atoms with Crippen LogP contribution in [0.3, 0.4) is 0 Å². The van der Waals surface area contributed by atoms with Crippen LogP contribution in [0.25, 0.3) is 0 Å². The number of halogens is 5. The maximum absolute atomic E-state index is 13.1. The molecule has 1 rings (SSSR count). The topological polar surface area (TPSA) is 9.23 Å². The van der Waals surface area contributed by atoms with E-state index in [4.69, 9.17) is 11.6 Å². The van der Waals surface area contributed by atoms with Gasteiger partial charge in [0.1, 0.15) is 0 Å². The van der Waals surface area contributed by atoms with E-state index in [1.54, 1.807) is 0 Å². The van der Waals surface area contributed by atoms with Crippen molar-refractivity contribution in [3.8, 4) is 5.75 Å². The number of hydrogen-bond acceptors (Lipinski definition) is 1. The Morgan fingerprint density at radius 2 is 1.93 bits per heavy atom. The lowest BCUT2D eigenvalue weighted by atomic mass is 10.2. The van der Waals surface area contributed by atoms with Gasteiger partial charge in [0.15, 0.2) is 17.4 Å². The van der Waals surface area contributed by atoms with E-state index in [2.05, 4.69) is 4.74 Å². The van der Waals surface area contributed by atoms with Crippen LogP contribution < -0.4 is 4.74 Å². The Bertz CT molecular complexity index is 329. The van der Waals surface area contributed by atoms with Crippen LogP contribution in [0.4, 0.5) is 17.6 Å². The van der Waals surface area contributed by atoms with E-state index in [9.17, 15) is 17.6 Å². The van der Waals surface area contributed by atoms with Gasteiger partial charge in [-0.3, -0.25) is 0 Å². The van der Waals surface area contributed by atoms with Crippen LogP contribution >= 0.6 is 11.6 Å². The maximum atomic E-state index is 13.1. The molecule has 0 aliphatic carbocycles. The highest BCUT2D eigenvalue weighted by Gasteiger charge is 2.17. The molecule has 1 aromatic carbocycles. The SMILES string of the molecule is Fc1ccc(CCl)c(F)c1OC(F)F. The molecule has 1 nitrogen and oxygen atoms in total. The molecule has 0 aliphatic rings. The molecule has 0 heterocycles. The van der Waals surface area contributed by atoms with Crippen LogP contribution in [-0.4, -0.2) is 6.61 Å². The van der Waals surface area contributed by atoms with Crippen molar-refractivity contribution >= 4 is 11.6 Å². The van der Waals surface area contributed by atoms with E-state index in [0.29, 0.717) is 0 Å². The summed E-state index contributed by atoms with van der Waals surface area (Å²) in [7, 11) is 0. The lowest BCUT2D eigenvalue weighted by Crippen LogP contribution is -2.06. The van der Waals surface area contributed by atoms with Crippen molar-refractivity contribution in [3.63, 3.8) is 0 Å². The second kappa shape index (κ2) is 4.50. The van der Waals surface area contributed by atoms with Gasteiger partial charge in [-0.05, 0) is 6.07 Å². The third-order valence-electron chi connectivity index (χ3n) is 1.48. The molecule has 0 amide bonds. The zero-order chi connectivity index (χ0) is 10.7. The lowest BCUT2D eigenvalue weighted by Gasteiger charge is -2.08. The van der Waals surface area contributed by atoms with Gasteiger partial charge in [0.2, 0.25) is 0 Å². The van der Waals surface area contributed by atoms with Crippen LogP contribution in [0.15, 0.2) is 12.1 Å². The van der Waals surface area contributed by atoms with Gasteiger partial charge in [-0.1, -0.05) is 6.07 Å². The first kappa shape index (κ1) is 11.1. The fourth-order valence-corrected chi connectivity index (χ4v) is 1.08. The predicted molar refractivity (Wildman–Crippen MR) is 42.5 cm³/mol. The minimum atomic E-state index is -3.27. The first-order valence-corrected chi connectivity index (χ1v) is 4.07. The summed E-state index contributed by atoms with van der Waals surface area (Å²) in [6.45, 7) is -3.27. The fraction of sp³-hybridized carbons (Fsp3) is 0.250. The molecule has 0 atom stereocenters. The highest BCUT2D eigenvalue weighted by atomic mass is 35.5. The predicted octanol–water partition coefficient (Wildman–Crippen LogP) is 3.31. The van der Waals surface area contributed by atoms with Crippen LogP contribution in [-0.2, 0) is 5.88 Å². The average molecular weight is 229 g/mol. The highest BCUT2D eigenvalue weighted by molar-refractivity contribution is 6.17. The minimum absolute atomic E-state index is 0.0938. The molecule has 0 aromatic heterocycles. The summed E-state index contributed by atoms with van der Waals surface area (Å²) in [6, 6.07) is 1.88. The molecule has 14 heavy (non-hydrogen) atoms. The summed E-state index contributed by atoms with van der Waals surface area (Å²) < 4.78 is 53.0. The minimum Gasteiger partial charge on any atom is -0.429 e. The normalized spacial score (nSPS) is 10.7. The zero-order valence-corrected chi connectivity index (χ0v) is 7.49. The van der Waals surface area contributed by atoms with Gasteiger partial charge in [-0.25, -0.2) is 8.78 Å². The van der Waals surface area contributed by atoms with Crippen LogP contribution in [0.5, 0.6) is 5.75 Å². The van der Waals surface area contributed by atoms with E-state index in [-0.39, 0.29) is 11.4 Å². The Hall–Kier alpha value is -0.970. The largest absolute Gasteiger partial charge is 0.429 e. The van der Waals surface area contributed by atoms with Crippen molar-refractivity contribution in [2.24, 2.45) is 0 Å². The molecule has 0 spiro atoms. The number of ether oxygens (including phenoxy) is 1. The Morgan fingerprint density at radius 3 is 2.43 bits per heavy atom. The van der Waals surface area contributed by atoms with Crippen LogP contribution in [0, 0.1) is 11.6 Å². The standard InChI is InChI=1S/C8H5ClF4O/c9-3-4-1-2-5(10)7(6(4)11)14-8(12)13/h1-2,8H,3H2. The van der Waals surface area contributed by atoms with Crippen molar-refractivity contribution in [1.29, 1.82) is 0 Å². The van der Waals surface area contributed by atoms with Gasteiger partial charge in [0.25, 0.3) is 0 Å². The molecule has 6 heteroatoms. The van der Waals surface area contributed by atoms with E-state index < -0.39 is 24.0 Å². The van der Waals surface area contributed by atoms with Crippen LogP contribution in [0.2, 0.25) is 0 Å². The number of benzene rings is 1. The van der Waals surface area contributed by atoms with Gasteiger partial charge < -0.3 is 4.74 Å². The quantitative estimate of drug-likeness (QED) is 0.570. The molecule has 0 bridgehead atoms. The number of hydrogen-bond donors (Lipinski definition) is 0. The Balaban J connectivity index is 3.11. The smallest absolute Gasteiger partial charge is 0.387 e. The number of rotatable bonds is 3. The molecule has 0 fully saturated rings. The molecule has 0 aliphatic heterocycles. The van der Waals surface area contributed by atoms with E-state index in [0.717, 1.165) is 12.1 Å². The number of alkyl halides is 3. The van der Waals surface area contributed by atoms with Crippen molar-refractivity contribution in [3.05, 3.63) is 29.3 Å². The third-order valence-corrected chi connectivity index (χ3v) is 1.77. The average Bonchev–Trinajstić information content (AvgIpc) is 2.12. The van der Waals surface area contributed by atoms with E-state index in [1.165, 1.54) is 0 Å². The molecule has 78 valence electrons. The molecular formula is C8H5ClF4O. The van der Waals surface area contributed by atoms with Crippen molar-refractivity contribution in [1.82, 2.24) is 0 Å². The summed E-state index contributed by atoms with van der Waals surface area (Å²) in [5.74, 6) is -3.72. The molecule has 0 N–H and O–H groups in total. The van der Waals surface area contributed by atoms with Crippen molar-refractivity contribution < 1.29 is 22.3 Å². The molecule has 0 saturated carbocycles. The van der Waals surface area contributed by atoms with Crippen molar-refractivity contribution in [2.45, 2.75) is 12.5 Å². The molecular weight excluding hydrogens is 224 g/mol. The van der Waals surface area contributed by atoms with Gasteiger partial charge in [-0.15, -0.1) is 11.6 Å². The van der Waals surface area contributed by atoms with Crippen molar-refractivity contribution in [2.75, 3.05) is 0 Å². The highest BCUT2D eigenvalue weighted by Crippen LogP contribution is 2.26. The summed E-state index contributed by atoms with van der Waals surface area (Å²) >= 11 is 5.29. The first-order chi connectivity index (χ1) is 6.56. The summed E-state index contributed by atoms with van der Waals surface area (Å²) in [6.07, 6.45) is 0. The summed E-state index contributed by atoms with van der Waals surface area (Å²) in [5.41, 5.74) is -0.0938. The Morgan fingerprint density at radius 1 is 1.29 bits per heavy atom. The molecule has 0 saturated heterocycles. The molecule has 1 aromatic rings. The third kappa shape index (κ3) is 2.29. The van der Waals surface area contributed by atoms with E-state index in [1.807, 2.05) is 0 Å². The van der Waals surface area contributed by atoms with Gasteiger partial charge in [-0.2, -0.15) is 8.78 Å². The maximum Gasteiger partial charge on any atom is 0.387 e. The monoisotopic (exact) mass is 228 g/mol. The molecule has 0 unspecified atom stereocenters. The van der Waals surface area contributed by atoms with Gasteiger partial charge in [0.05, 0.1) is 5.88 Å².